The van der Waals surface area contributed by atoms with Crippen molar-refractivity contribution in [2.75, 3.05) is 33.4 Å². The maximum Gasteiger partial charge on any atom is 0.387 e. The smallest absolute Gasteiger partial charge is 0.387 e. The van der Waals surface area contributed by atoms with Crippen LogP contribution in [-0.2, 0) is 16.0 Å². The van der Waals surface area contributed by atoms with Gasteiger partial charge in [-0.25, -0.2) is 4.39 Å². The second-order valence-electron chi connectivity index (χ2n) is 5.66. The highest BCUT2D eigenvalue weighted by Crippen LogP contribution is 2.23. The number of rotatable bonds is 9. The van der Waals surface area contributed by atoms with Crippen molar-refractivity contribution in [2.24, 2.45) is 4.99 Å². The molecule has 1 aliphatic rings. The van der Waals surface area contributed by atoms with E-state index in [-0.39, 0.29) is 47.9 Å². The summed E-state index contributed by atoms with van der Waals surface area (Å²) in [6.45, 7) is -0.472. The third kappa shape index (κ3) is 8.52. The van der Waals surface area contributed by atoms with Gasteiger partial charge in [0, 0.05) is 38.9 Å². The zero-order valence-corrected chi connectivity index (χ0v) is 17.4. The second-order valence-corrected chi connectivity index (χ2v) is 5.66. The van der Waals surface area contributed by atoms with E-state index in [2.05, 4.69) is 20.4 Å². The molecule has 0 aromatic heterocycles. The van der Waals surface area contributed by atoms with Gasteiger partial charge < -0.3 is 24.8 Å². The average Bonchev–Trinajstić information content (AvgIpc) is 3.12. The van der Waals surface area contributed by atoms with Gasteiger partial charge in [0.2, 0.25) is 0 Å². The Labute approximate surface area is 173 Å². The van der Waals surface area contributed by atoms with Crippen molar-refractivity contribution in [1.82, 2.24) is 10.6 Å². The van der Waals surface area contributed by atoms with E-state index < -0.39 is 12.4 Å². The first-order valence-electron chi connectivity index (χ1n) is 8.46. The van der Waals surface area contributed by atoms with Gasteiger partial charge in [0.15, 0.2) is 5.96 Å². The number of ether oxygens (including phenoxy) is 3. The molecular weight excluding hydrogens is 478 g/mol. The zero-order valence-electron chi connectivity index (χ0n) is 15.1. The molecule has 1 heterocycles. The summed E-state index contributed by atoms with van der Waals surface area (Å²) in [6.07, 6.45) is 1.85. The summed E-state index contributed by atoms with van der Waals surface area (Å²) in [6, 6.07) is 3.81. The summed E-state index contributed by atoms with van der Waals surface area (Å²) in [5.74, 6) is -0.395. The largest absolute Gasteiger partial charge is 0.434 e. The van der Waals surface area contributed by atoms with E-state index in [1.165, 1.54) is 18.2 Å². The van der Waals surface area contributed by atoms with Gasteiger partial charge in [0.05, 0.1) is 12.7 Å². The Morgan fingerprint density at radius 3 is 2.85 bits per heavy atom. The summed E-state index contributed by atoms with van der Waals surface area (Å²) in [5.41, 5.74) is 0.0142. The van der Waals surface area contributed by atoms with Gasteiger partial charge in [-0.2, -0.15) is 8.78 Å². The minimum Gasteiger partial charge on any atom is -0.434 e. The van der Waals surface area contributed by atoms with Crippen LogP contribution in [0.4, 0.5) is 13.2 Å². The highest BCUT2D eigenvalue weighted by atomic mass is 127. The number of halogens is 4. The van der Waals surface area contributed by atoms with Crippen LogP contribution in [0.5, 0.6) is 5.75 Å². The molecule has 0 radical (unpaired) electrons. The summed E-state index contributed by atoms with van der Waals surface area (Å²) < 4.78 is 54.0. The molecule has 154 valence electrons. The van der Waals surface area contributed by atoms with Gasteiger partial charge in [-0.05, 0) is 25.0 Å². The van der Waals surface area contributed by atoms with Crippen LogP contribution < -0.4 is 15.4 Å². The average molecular weight is 503 g/mol. The number of nitrogens with one attached hydrogen (secondary N) is 2. The molecule has 1 fully saturated rings. The van der Waals surface area contributed by atoms with Crippen molar-refractivity contribution in [3.8, 4) is 5.75 Å². The fourth-order valence-electron chi connectivity index (χ4n) is 2.48. The van der Waals surface area contributed by atoms with Gasteiger partial charge in [-0.1, -0.05) is 6.07 Å². The Kier molecular flexibility index (Phi) is 11.4. The van der Waals surface area contributed by atoms with Crippen LogP contribution in [-0.4, -0.2) is 52.1 Å². The standard InChI is InChI=1S/C17H24F3N3O3.HI/c1-21-17(22-7-3-8-25-12-6-9-24-11-12)23-10-13-14(18)4-2-5-15(13)26-16(19)20;/h2,4-5,12,16H,3,6-11H2,1H3,(H2,21,22,23);1H. The predicted molar refractivity (Wildman–Crippen MR) is 106 cm³/mol. The SMILES string of the molecule is CN=C(NCCCOC1CCOC1)NCc1c(F)cccc1OC(F)F.I. The first-order valence-corrected chi connectivity index (χ1v) is 8.46. The lowest BCUT2D eigenvalue weighted by Gasteiger charge is -2.15. The number of alkyl halides is 2. The molecule has 0 amide bonds. The third-order valence-corrected chi connectivity index (χ3v) is 3.80. The lowest BCUT2D eigenvalue weighted by molar-refractivity contribution is -0.0506. The van der Waals surface area contributed by atoms with E-state index in [9.17, 15) is 13.2 Å². The molecule has 1 aromatic carbocycles. The molecule has 2 rings (SSSR count). The Balaban J connectivity index is 0.00000364. The van der Waals surface area contributed by atoms with Crippen molar-refractivity contribution in [1.29, 1.82) is 0 Å². The van der Waals surface area contributed by atoms with Crippen molar-refractivity contribution >= 4 is 29.9 Å². The van der Waals surface area contributed by atoms with Gasteiger partial charge in [-0.3, -0.25) is 4.99 Å². The van der Waals surface area contributed by atoms with E-state index in [4.69, 9.17) is 9.47 Å². The van der Waals surface area contributed by atoms with Crippen LogP contribution in [0.25, 0.3) is 0 Å². The van der Waals surface area contributed by atoms with Crippen molar-refractivity contribution < 1.29 is 27.4 Å². The number of benzene rings is 1. The molecule has 0 bridgehead atoms. The lowest BCUT2D eigenvalue weighted by Crippen LogP contribution is -2.38. The molecule has 6 nitrogen and oxygen atoms in total. The Hall–Kier alpha value is -1.27. The van der Waals surface area contributed by atoms with E-state index >= 15 is 0 Å². The fraction of sp³-hybridized carbons (Fsp3) is 0.588. The topological polar surface area (TPSA) is 64.1 Å². The van der Waals surface area contributed by atoms with Crippen LogP contribution in [0.15, 0.2) is 23.2 Å². The predicted octanol–water partition coefficient (Wildman–Crippen LogP) is 2.91. The molecule has 0 saturated carbocycles. The van der Waals surface area contributed by atoms with E-state index in [0.29, 0.717) is 25.7 Å². The van der Waals surface area contributed by atoms with Crippen LogP contribution >= 0.6 is 24.0 Å². The van der Waals surface area contributed by atoms with Crippen LogP contribution in [0.2, 0.25) is 0 Å². The Morgan fingerprint density at radius 2 is 2.19 bits per heavy atom. The van der Waals surface area contributed by atoms with Gasteiger partial charge in [0.25, 0.3) is 0 Å². The number of hydrogen-bond donors (Lipinski definition) is 2. The molecule has 0 aliphatic carbocycles. The highest BCUT2D eigenvalue weighted by molar-refractivity contribution is 14.0. The minimum atomic E-state index is -3.02. The number of guanidine groups is 1. The molecule has 2 N–H and O–H groups in total. The molecule has 1 aliphatic heterocycles. The summed E-state index contributed by atoms with van der Waals surface area (Å²) in [4.78, 5) is 4.02. The molecule has 27 heavy (non-hydrogen) atoms. The van der Waals surface area contributed by atoms with Crippen LogP contribution in [0.1, 0.15) is 18.4 Å². The maximum absolute atomic E-state index is 13.9. The monoisotopic (exact) mass is 503 g/mol. The normalized spacial score (nSPS) is 16.9. The zero-order chi connectivity index (χ0) is 18.8. The molecule has 0 spiro atoms. The Bertz CT molecular complexity index is 588. The number of hydrogen-bond acceptors (Lipinski definition) is 4. The molecule has 10 heteroatoms. The fourth-order valence-corrected chi connectivity index (χ4v) is 2.48. The van der Waals surface area contributed by atoms with E-state index in [1.807, 2.05) is 0 Å². The first kappa shape index (κ1) is 23.8. The van der Waals surface area contributed by atoms with Crippen molar-refractivity contribution in [2.45, 2.75) is 32.1 Å². The highest BCUT2D eigenvalue weighted by Gasteiger charge is 2.16. The van der Waals surface area contributed by atoms with Crippen LogP contribution in [0, 0.1) is 5.82 Å². The minimum absolute atomic E-state index is 0. The third-order valence-electron chi connectivity index (χ3n) is 3.80. The Morgan fingerprint density at radius 1 is 1.37 bits per heavy atom. The molecule has 1 atom stereocenters. The summed E-state index contributed by atoms with van der Waals surface area (Å²) in [5, 5.41) is 5.95. The molecule has 1 unspecified atom stereocenters. The van der Waals surface area contributed by atoms with Crippen molar-refractivity contribution in [3.63, 3.8) is 0 Å². The van der Waals surface area contributed by atoms with Crippen LogP contribution in [0.3, 0.4) is 0 Å². The first-order chi connectivity index (χ1) is 12.6. The van der Waals surface area contributed by atoms with Gasteiger partial charge in [-0.15, -0.1) is 24.0 Å². The maximum atomic E-state index is 13.9. The van der Waals surface area contributed by atoms with E-state index in [0.717, 1.165) is 19.4 Å². The molecular formula is C17H25F3IN3O3. The quantitative estimate of drug-likeness (QED) is 0.235. The second kappa shape index (κ2) is 13.0. The number of aliphatic imine (C=N–C) groups is 1. The summed E-state index contributed by atoms with van der Waals surface area (Å²) in [7, 11) is 1.57. The number of nitrogens with zero attached hydrogens (tertiary/aromatic N) is 1. The summed E-state index contributed by atoms with van der Waals surface area (Å²) >= 11 is 0. The molecule has 1 aromatic rings. The van der Waals surface area contributed by atoms with E-state index in [1.54, 1.807) is 7.05 Å². The molecule has 1 saturated heterocycles. The van der Waals surface area contributed by atoms with Gasteiger partial charge in [0.1, 0.15) is 11.6 Å². The van der Waals surface area contributed by atoms with Crippen molar-refractivity contribution in [3.05, 3.63) is 29.6 Å². The van der Waals surface area contributed by atoms with Gasteiger partial charge >= 0.3 is 6.61 Å². The lowest BCUT2D eigenvalue weighted by atomic mass is 10.2.